The highest BCUT2D eigenvalue weighted by atomic mass is 32.2. The topological polar surface area (TPSA) is 90.0 Å². The van der Waals surface area contributed by atoms with E-state index in [1.165, 1.54) is 0 Å². The van der Waals surface area contributed by atoms with Crippen molar-refractivity contribution in [3.8, 4) is 0 Å². The van der Waals surface area contributed by atoms with E-state index in [2.05, 4.69) is 17.3 Å². The summed E-state index contributed by atoms with van der Waals surface area (Å²) < 4.78 is 24.6. The van der Waals surface area contributed by atoms with Gasteiger partial charge in [0.15, 0.2) is 9.84 Å². The molecule has 0 aliphatic heterocycles. The largest absolute Gasteiger partial charge is 0.394 e. The van der Waals surface area contributed by atoms with Crippen molar-refractivity contribution in [1.82, 2.24) is 9.78 Å². The summed E-state index contributed by atoms with van der Waals surface area (Å²) in [5.74, 6) is 0.997. The van der Waals surface area contributed by atoms with E-state index < -0.39 is 9.84 Å². The van der Waals surface area contributed by atoms with Gasteiger partial charge in [-0.3, -0.25) is 0 Å². The van der Waals surface area contributed by atoms with Gasteiger partial charge in [-0.1, -0.05) is 13.8 Å². The van der Waals surface area contributed by atoms with E-state index in [9.17, 15) is 8.42 Å². The highest BCUT2D eigenvalue weighted by molar-refractivity contribution is 7.91. The van der Waals surface area contributed by atoms with Crippen LogP contribution in [0, 0.1) is 6.92 Å². The zero-order valence-electron chi connectivity index (χ0n) is 11.2. The number of rotatable bonds is 7. The van der Waals surface area contributed by atoms with Crippen molar-refractivity contribution in [2.24, 2.45) is 0 Å². The fourth-order valence-electron chi connectivity index (χ4n) is 1.62. The van der Waals surface area contributed by atoms with Gasteiger partial charge in [-0.2, -0.15) is 5.10 Å². The van der Waals surface area contributed by atoms with Gasteiger partial charge in [-0.25, -0.2) is 13.1 Å². The number of nitrogen functional groups attached to an aromatic ring is 1. The Hall–Kier alpha value is -1.24. The van der Waals surface area contributed by atoms with Crippen molar-refractivity contribution in [3.05, 3.63) is 5.69 Å². The second-order valence-electron chi connectivity index (χ2n) is 4.23. The zero-order chi connectivity index (χ0) is 13.8. The molecule has 18 heavy (non-hydrogen) atoms. The van der Waals surface area contributed by atoms with Crippen LogP contribution in [0.3, 0.4) is 0 Å². The van der Waals surface area contributed by atoms with Crippen LogP contribution in [0.5, 0.6) is 0 Å². The Bertz CT molecular complexity index is 493. The van der Waals surface area contributed by atoms with Crippen LogP contribution in [0.2, 0.25) is 0 Å². The summed E-state index contributed by atoms with van der Waals surface area (Å²) in [7, 11) is -2.95. The molecule has 0 aromatic carbocycles. The lowest BCUT2D eigenvalue weighted by atomic mass is 10.4. The van der Waals surface area contributed by atoms with Gasteiger partial charge in [-0.05, 0) is 13.3 Å². The molecular formula is C11H22N4O2S. The monoisotopic (exact) mass is 274 g/mol. The molecule has 1 heterocycles. The minimum absolute atomic E-state index is 0.110. The third-order valence-corrected chi connectivity index (χ3v) is 4.46. The van der Waals surface area contributed by atoms with E-state index in [0.717, 1.165) is 24.5 Å². The van der Waals surface area contributed by atoms with Crippen LogP contribution in [0.25, 0.3) is 0 Å². The summed E-state index contributed by atoms with van der Waals surface area (Å²) in [6.07, 6.45) is 0.947. The van der Waals surface area contributed by atoms with Gasteiger partial charge in [0.2, 0.25) is 0 Å². The number of sulfone groups is 1. The number of anilines is 2. The maximum absolute atomic E-state index is 11.4. The van der Waals surface area contributed by atoms with E-state index in [1.54, 1.807) is 11.6 Å². The summed E-state index contributed by atoms with van der Waals surface area (Å²) in [5, 5.41) is 7.39. The van der Waals surface area contributed by atoms with Crippen LogP contribution in [0.15, 0.2) is 0 Å². The number of nitrogens with one attached hydrogen (secondary N) is 1. The Kier molecular flexibility index (Phi) is 5.01. The van der Waals surface area contributed by atoms with Crippen LogP contribution in [0.1, 0.15) is 26.0 Å². The predicted octanol–water partition coefficient (Wildman–Crippen LogP) is 1.03. The zero-order valence-corrected chi connectivity index (χ0v) is 12.0. The van der Waals surface area contributed by atoms with Crippen LogP contribution >= 0.6 is 0 Å². The number of aromatic nitrogens is 2. The molecule has 6 nitrogen and oxygen atoms in total. The van der Waals surface area contributed by atoms with Gasteiger partial charge in [-0.15, -0.1) is 0 Å². The van der Waals surface area contributed by atoms with Crippen LogP contribution in [-0.4, -0.2) is 36.2 Å². The van der Waals surface area contributed by atoms with Crippen molar-refractivity contribution < 1.29 is 8.42 Å². The van der Waals surface area contributed by atoms with Gasteiger partial charge in [0.25, 0.3) is 0 Å². The molecule has 0 fully saturated rings. The Morgan fingerprint density at radius 2 is 2.06 bits per heavy atom. The van der Waals surface area contributed by atoms with Crippen molar-refractivity contribution in [2.45, 2.75) is 33.7 Å². The Balaban J connectivity index is 2.72. The third-order valence-electron chi connectivity index (χ3n) is 2.75. The molecule has 0 unspecified atom stereocenters. The third kappa shape index (κ3) is 3.63. The first kappa shape index (κ1) is 14.8. The second-order valence-corrected chi connectivity index (χ2v) is 6.71. The molecule has 0 atom stereocenters. The first-order valence-corrected chi connectivity index (χ1v) is 8.00. The second kappa shape index (κ2) is 6.08. The number of hydrogen-bond donors (Lipinski definition) is 2. The predicted molar refractivity (Wildman–Crippen MR) is 74.5 cm³/mol. The first-order chi connectivity index (χ1) is 8.41. The maximum atomic E-state index is 11.4. The summed E-state index contributed by atoms with van der Waals surface area (Å²) in [6.45, 7) is 6.67. The van der Waals surface area contributed by atoms with E-state index >= 15 is 0 Å². The molecule has 1 aromatic heterocycles. The lowest BCUT2D eigenvalue weighted by Crippen LogP contribution is -2.19. The minimum atomic E-state index is -2.95. The maximum Gasteiger partial charge on any atom is 0.151 e. The van der Waals surface area contributed by atoms with Crippen molar-refractivity contribution >= 4 is 21.3 Å². The molecule has 3 N–H and O–H groups in total. The van der Waals surface area contributed by atoms with Gasteiger partial charge >= 0.3 is 0 Å². The Labute approximate surface area is 108 Å². The van der Waals surface area contributed by atoms with Crippen molar-refractivity contribution in [2.75, 3.05) is 29.1 Å². The summed E-state index contributed by atoms with van der Waals surface area (Å²) >= 11 is 0. The quantitative estimate of drug-likeness (QED) is 0.775. The molecule has 0 aliphatic carbocycles. The summed E-state index contributed by atoms with van der Waals surface area (Å²) in [4.78, 5) is 0. The SMILES string of the molecule is CCCn1nc(C)c(N)c1NCCS(=O)(=O)CC. The number of hydrogen-bond acceptors (Lipinski definition) is 5. The lowest BCUT2D eigenvalue weighted by Gasteiger charge is -2.09. The number of nitrogens with zero attached hydrogens (tertiary/aromatic N) is 2. The summed E-state index contributed by atoms with van der Waals surface area (Å²) in [6, 6.07) is 0. The summed E-state index contributed by atoms with van der Waals surface area (Å²) in [5.41, 5.74) is 7.28. The highest BCUT2D eigenvalue weighted by Crippen LogP contribution is 2.22. The van der Waals surface area contributed by atoms with E-state index in [0.29, 0.717) is 12.2 Å². The van der Waals surface area contributed by atoms with Gasteiger partial charge < -0.3 is 11.1 Å². The lowest BCUT2D eigenvalue weighted by molar-refractivity contribution is 0.595. The fraction of sp³-hybridized carbons (Fsp3) is 0.727. The molecule has 0 aliphatic rings. The Morgan fingerprint density at radius 1 is 1.39 bits per heavy atom. The van der Waals surface area contributed by atoms with Gasteiger partial charge in [0, 0.05) is 18.8 Å². The fourth-order valence-corrected chi connectivity index (χ4v) is 2.33. The average Bonchev–Trinajstić information content (AvgIpc) is 2.57. The van der Waals surface area contributed by atoms with Crippen LogP contribution < -0.4 is 11.1 Å². The number of aryl methyl sites for hydroxylation is 2. The van der Waals surface area contributed by atoms with Crippen molar-refractivity contribution in [3.63, 3.8) is 0 Å². The molecule has 1 rings (SSSR count). The molecule has 0 bridgehead atoms. The molecule has 7 heteroatoms. The van der Waals surface area contributed by atoms with Gasteiger partial charge in [0.1, 0.15) is 5.82 Å². The van der Waals surface area contributed by atoms with E-state index in [-0.39, 0.29) is 11.5 Å². The van der Waals surface area contributed by atoms with Gasteiger partial charge in [0.05, 0.1) is 17.1 Å². The molecule has 104 valence electrons. The van der Waals surface area contributed by atoms with E-state index in [4.69, 9.17) is 5.73 Å². The highest BCUT2D eigenvalue weighted by Gasteiger charge is 2.13. The first-order valence-electron chi connectivity index (χ1n) is 6.18. The molecule has 0 amide bonds. The molecule has 0 spiro atoms. The standard InChI is InChI=1S/C11H22N4O2S/c1-4-7-15-11(10(12)9(3)14-15)13-6-8-18(16,17)5-2/h13H,4-8,12H2,1-3H3. The average molecular weight is 274 g/mol. The Morgan fingerprint density at radius 3 is 2.61 bits per heavy atom. The van der Waals surface area contributed by atoms with Crippen LogP contribution in [0.4, 0.5) is 11.5 Å². The minimum Gasteiger partial charge on any atom is -0.394 e. The number of nitrogens with two attached hydrogens (primary N) is 1. The normalized spacial score (nSPS) is 11.7. The smallest absolute Gasteiger partial charge is 0.151 e. The van der Waals surface area contributed by atoms with E-state index in [1.807, 2.05) is 6.92 Å². The van der Waals surface area contributed by atoms with Crippen LogP contribution in [-0.2, 0) is 16.4 Å². The molecule has 0 radical (unpaired) electrons. The molecule has 0 saturated heterocycles. The molecule has 0 saturated carbocycles. The van der Waals surface area contributed by atoms with Crippen molar-refractivity contribution in [1.29, 1.82) is 0 Å². The molecule has 1 aromatic rings. The molecular weight excluding hydrogens is 252 g/mol.